The number of rotatable bonds is 5. The Hall–Kier alpha value is -3.81. The summed E-state index contributed by atoms with van der Waals surface area (Å²) in [4.78, 5) is 40.4. The van der Waals surface area contributed by atoms with Crippen molar-refractivity contribution in [2.45, 2.75) is 26.7 Å². The first-order valence-electron chi connectivity index (χ1n) is 9.53. The predicted molar refractivity (Wildman–Crippen MR) is 109 cm³/mol. The lowest BCUT2D eigenvalue weighted by Gasteiger charge is -2.17. The van der Waals surface area contributed by atoms with E-state index in [0.717, 1.165) is 17.0 Å². The van der Waals surface area contributed by atoms with Gasteiger partial charge < -0.3 is 10.1 Å². The number of carbonyl (C=O) groups is 3. The highest BCUT2D eigenvalue weighted by atomic mass is 16.5. The molecular weight excluding hydrogens is 384 g/mol. The van der Waals surface area contributed by atoms with E-state index in [1.165, 1.54) is 6.20 Å². The van der Waals surface area contributed by atoms with E-state index in [-0.39, 0.29) is 23.9 Å². The van der Waals surface area contributed by atoms with Gasteiger partial charge >= 0.3 is 5.97 Å². The van der Waals surface area contributed by atoms with Gasteiger partial charge in [-0.3, -0.25) is 9.59 Å². The van der Waals surface area contributed by atoms with Crippen LogP contribution in [0.2, 0.25) is 0 Å². The fraction of sp³-hybridized carbons (Fsp3) is 0.227. The van der Waals surface area contributed by atoms with E-state index >= 15 is 0 Å². The summed E-state index contributed by atoms with van der Waals surface area (Å²) in [6.07, 6.45) is 2.37. The minimum Gasteiger partial charge on any atom is -0.454 e. The van der Waals surface area contributed by atoms with E-state index in [1.807, 2.05) is 19.9 Å². The number of fused-ring (bicyclic) bond motifs is 1. The molecule has 1 aliphatic rings. The molecular formula is C22H20N4O4. The van der Waals surface area contributed by atoms with E-state index in [4.69, 9.17) is 4.74 Å². The molecule has 0 spiro atoms. The Balaban J connectivity index is 1.39. The molecule has 0 saturated heterocycles. The maximum absolute atomic E-state index is 12.4. The van der Waals surface area contributed by atoms with Crippen molar-refractivity contribution in [2.24, 2.45) is 0 Å². The molecule has 30 heavy (non-hydrogen) atoms. The highest BCUT2D eigenvalue weighted by Gasteiger charge is 2.18. The smallest absolute Gasteiger partial charge is 0.340 e. The number of hydrogen-bond acceptors (Lipinski definition) is 6. The third kappa shape index (κ3) is 3.98. The number of ketones is 1. The van der Waals surface area contributed by atoms with Crippen LogP contribution in [0.1, 0.15) is 44.1 Å². The highest BCUT2D eigenvalue weighted by Crippen LogP contribution is 2.23. The van der Waals surface area contributed by atoms with E-state index in [2.05, 4.69) is 15.4 Å². The molecule has 1 aromatic carbocycles. The molecule has 152 valence electrons. The number of anilines is 1. The molecule has 0 bridgehead atoms. The van der Waals surface area contributed by atoms with Gasteiger partial charge in [-0.15, -0.1) is 0 Å². The molecule has 8 nitrogen and oxygen atoms in total. The maximum Gasteiger partial charge on any atom is 0.340 e. The lowest BCUT2D eigenvalue weighted by molar-refractivity contribution is -0.116. The van der Waals surface area contributed by atoms with Crippen LogP contribution in [0, 0.1) is 13.8 Å². The van der Waals surface area contributed by atoms with Gasteiger partial charge in [-0.25, -0.2) is 14.5 Å². The highest BCUT2D eigenvalue weighted by molar-refractivity contribution is 6.01. The SMILES string of the molecule is Cc1cc(C)n(-c2ccc(C(=O)OCC(=O)c3ccc4c(c3)CCC(=O)N4)cn2)n1. The normalized spacial score (nSPS) is 12.8. The Morgan fingerprint density at radius 3 is 2.60 bits per heavy atom. The summed E-state index contributed by atoms with van der Waals surface area (Å²) in [7, 11) is 0. The number of nitrogens with zero attached hydrogens (tertiary/aromatic N) is 3. The van der Waals surface area contributed by atoms with Crippen molar-refractivity contribution in [3.05, 3.63) is 70.7 Å². The van der Waals surface area contributed by atoms with Crippen LogP contribution in [0.3, 0.4) is 0 Å². The van der Waals surface area contributed by atoms with Crippen LogP contribution in [-0.4, -0.2) is 39.0 Å². The molecule has 2 aromatic heterocycles. The zero-order chi connectivity index (χ0) is 21.3. The lowest BCUT2D eigenvalue weighted by atomic mass is 9.99. The summed E-state index contributed by atoms with van der Waals surface area (Å²) in [5, 5.41) is 7.12. The van der Waals surface area contributed by atoms with Crippen molar-refractivity contribution in [3.63, 3.8) is 0 Å². The van der Waals surface area contributed by atoms with E-state index in [9.17, 15) is 14.4 Å². The summed E-state index contributed by atoms with van der Waals surface area (Å²) in [5.74, 6) is -0.376. The van der Waals surface area contributed by atoms with Gasteiger partial charge in [-0.05, 0) is 62.2 Å². The fourth-order valence-corrected chi connectivity index (χ4v) is 3.35. The van der Waals surface area contributed by atoms with Crippen molar-refractivity contribution in [2.75, 3.05) is 11.9 Å². The zero-order valence-electron chi connectivity index (χ0n) is 16.6. The Labute approximate surface area is 172 Å². The van der Waals surface area contributed by atoms with Crippen molar-refractivity contribution in [1.82, 2.24) is 14.8 Å². The monoisotopic (exact) mass is 404 g/mol. The number of aryl methyl sites for hydroxylation is 3. The fourth-order valence-electron chi connectivity index (χ4n) is 3.35. The van der Waals surface area contributed by atoms with Crippen molar-refractivity contribution in [3.8, 4) is 5.82 Å². The summed E-state index contributed by atoms with van der Waals surface area (Å²) >= 11 is 0. The Bertz CT molecular complexity index is 1150. The number of aromatic nitrogens is 3. The van der Waals surface area contributed by atoms with Crippen LogP contribution >= 0.6 is 0 Å². The summed E-state index contributed by atoms with van der Waals surface area (Å²) in [5.41, 5.74) is 4.12. The molecule has 0 fully saturated rings. The van der Waals surface area contributed by atoms with Gasteiger partial charge in [-0.1, -0.05) is 0 Å². The molecule has 0 unspecified atom stereocenters. The Kier molecular flexibility index (Phi) is 5.14. The Morgan fingerprint density at radius 1 is 1.10 bits per heavy atom. The maximum atomic E-state index is 12.4. The van der Waals surface area contributed by atoms with Gasteiger partial charge in [0.05, 0.1) is 11.3 Å². The standard InChI is InChI=1S/C22H20N4O4/c1-13-9-14(2)26(25-13)20-7-4-17(11-23-20)22(29)30-12-19(27)16-3-6-18-15(10-16)5-8-21(28)24-18/h3-4,6-7,9-11H,5,8,12H2,1-2H3,(H,24,28). The number of nitrogens with one attached hydrogen (secondary N) is 1. The molecule has 4 rings (SSSR count). The third-order valence-electron chi connectivity index (χ3n) is 4.87. The quantitative estimate of drug-likeness (QED) is 0.518. The largest absolute Gasteiger partial charge is 0.454 e. The van der Waals surface area contributed by atoms with Gasteiger partial charge in [0.1, 0.15) is 0 Å². The van der Waals surface area contributed by atoms with Crippen LogP contribution < -0.4 is 5.32 Å². The number of carbonyl (C=O) groups excluding carboxylic acids is 3. The first-order valence-corrected chi connectivity index (χ1v) is 9.53. The van der Waals surface area contributed by atoms with Gasteiger partial charge in [0.25, 0.3) is 0 Å². The molecule has 3 aromatic rings. The van der Waals surface area contributed by atoms with Gasteiger partial charge in [0.2, 0.25) is 5.91 Å². The molecule has 3 heterocycles. The average Bonchev–Trinajstić information content (AvgIpc) is 3.09. The van der Waals surface area contributed by atoms with Crippen molar-refractivity contribution in [1.29, 1.82) is 0 Å². The zero-order valence-corrected chi connectivity index (χ0v) is 16.6. The van der Waals surface area contributed by atoms with Crippen LogP contribution in [0.5, 0.6) is 0 Å². The molecule has 0 saturated carbocycles. The Morgan fingerprint density at radius 2 is 1.90 bits per heavy atom. The molecule has 1 aliphatic heterocycles. The second-order valence-electron chi connectivity index (χ2n) is 7.16. The number of ether oxygens (including phenoxy) is 1. The average molecular weight is 404 g/mol. The van der Waals surface area contributed by atoms with Gasteiger partial charge in [-0.2, -0.15) is 5.10 Å². The first kappa shape index (κ1) is 19.5. The molecule has 0 radical (unpaired) electrons. The minimum absolute atomic E-state index is 0.0343. The van der Waals surface area contributed by atoms with Gasteiger partial charge in [0, 0.05) is 29.6 Å². The minimum atomic E-state index is -0.624. The van der Waals surface area contributed by atoms with Crippen molar-refractivity contribution >= 4 is 23.3 Å². The lowest BCUT2D eigenvalue weighted by Crippen LogP contribution is -2.20. The topological polar surface area (TPSA) is 103 Å². The van der Waals surface area contributed by atoms with Gasteiger partial charge in [0.15, 0.2) is 18.2 Å². The second kappa shape index (κ2) is 7.90. The molecule has 1 N–H and O–H groups in total. The van der Waals surface area contributed by atoms with Crippen molar-refractivity contribution < 1.29 is 19.1 Å². The summed E-state index contributed by atoms with van der Waals surface area (Å²) in [6, 6.07) is 10.2. The molecule has 0 aliphatic carbocycles. The third-order valence-corrected chi connectivity index (χ3v) is 4.87. The molecule has 8 heteroatoms. The van der Waals surface area contributed by atoms with Crippen LogP contribution in [0.4, 0.5) is 5.69 Å². The summed E-state index contributed by atoms with van der Waals surface area (Å²) in [6.45, 7) is 3.44. The van der Waals surface area contributed by atoms with Crippen LogP contribution in [0.25, 0.3) is 5.82 Å². The summed E-state index contributed by atoms with van der Waals surface area (Å²) < 4.78 is 6.85. The number of hydrogen-bond donors (Lipinski definition) is 1. The predicted octanol–water partition coefficient (Wildman–Crippen LogP) is 2.81. The number of benzene rings is 1. The van der Waals surface area contributed by atoms with Crippen LogP contribution in [0.15, 0.2) is 42.6 Å². The van der Waals surface area contributed by atoms with E-state index in [0.29, 0.717) is 29.9 Å². The second-order valence-corrected chi connectivity index (χ2v) is 7.16. The number of Topliss-reactive ketones (excluding diaryl/α,β-unsaturated/α-hetero) is 1. The number of amides is 1. The number of pyridine rings is 1. The molecule has 0 atom stereocenters. The van der Waals surface area contributed by atoms with Crippen LogP contribution in [-0.2, 0) is 16.0 Å². The van der Waals surface area contributed by atoms with E-state index in [1.54, 1.807) is 35.0 Å². The number of esters is 1. The van der Waals surface area contributed by atoms with E-state index < -0.39 is 5.97 Å². The molecule has 1 amide bonds. The first-order chi connectivity index (χ1) is 14.4.